The second-order valence-corrected chi connectivity index (χ2v) is 9.87. The van der Waals surface area contributed by atoms with Crippen molar-refractivity contribution >= 4 is 34.7 Å². The van der Waals surface area contributed by atoms with Gasteiger partial charge in [-0.15, -0.1) is 0 Å². The summed E-state index contributed by atoms with van der Waals surface area (Å²) in [6.45, 7) is 6.53. The Labute approximate surface area is 201 Å². The van der Waals surface area contributed by atoms with E-state index in [1.807, 2.05) is 30.3 Å². The molecule has 8 nitrogen and oxygen atoms in total. The second kappa shape index (κ2) is 9.24. The van der Waals surface area contributed by atoms with E-state index in [9.17, 15) is 9.59 Å². The number of Topliss-reactive ketones (excluding diaryl/α,β-unsaturated/α-hetero) is 1. The molecule has 1 aromatic carbocycles. The molecule has 180 valence electrons. The first kappa shape index (κ1) is 22.6. The summed E-state index contributed by atoms with van der Waals surface area (Å²) in [6, 6.07) is 8.13. The van der Waals surface area contributed by atoms with Crippen LogP contribution in [0.2, 0.25) is 0 Å². The van der Waals surface area contributed by atoms with Crippen LogP contribution in [0.25, 0.3) is 0 Å². The van der Waals surface area contributed by atoms with E-state index in [0.717, 1.165) is 61.8 Å². The molecule has 0 spiro atoms. The maximum Gasteiger partial charge on any atom is 0.227 e. The van der Waals surface area contributed by atoms with Crippen LogP contribution in [0.4, 0.5) is 23.0 Å². The third kappa shape index (κ3) is 4.21. The number of nitrogens with zero attached hydrogens (tertiary/aromatic N) is 5. The Hall–Kier alpha value is -3.16. The zero-order valence-corrected chi connectivity index (χ0v) is 20.3. The van der Waals surface area contributed by atoms with Gasteiger partial charge in [-0.2, -0.15) is 0 Å². The number of hydrogen-bond acceptors (Lipinski definition) is 7. The van der Waals surface area contributed by atoms with Gasteiger partial charge in [-0.05, 0) is 49.9 Å². The minimum absolute atomic E-state index is 0.139. The van der Waals surface area contributed by atoms with Gasteiger partial charge in [0.15, 0.2) is 5.78 Å². The highest BCUT2D eigenvalue weighted by Gasteiger charge is 2.45. The van der Waals surface area contributed by atoms with Gasteiger partial charge in [0.1, 0.15) is 0 Å². The topological polar surface area (TPSA) is 81.7 Å². The summed E-state index contributed by atoms with van der Waals surface area (Å²) in [5.74, 6) is 1.56. The number of carbonyl (C=O) groups is 2. The highest BCUT2D eigenvalue weighted by molar-refractivity contribution is 5.89. The van der Waals surface area contributed by atoms with E-state index in [-0.39, 0.29) is 23.7 Å². The molecule has 34 heavy (non-hydrogen) atoms. The number of ketones is 1. The Kier molecular flexibility index (Phi) is 6.15. The minimum atomic E-state index is -0.148. The predicted molar refractivity (Wildman–Crippen MR) is 134 cm³/mol. The number of hydrogen-bond donors (Lipinski definition) is 1. The molecule has 2 aromatic rings. The van der Waals surface area contributed by atoms with Gasteiger partial charge in [-0.25, -0.2) is 9.97 Å². The normalized spacial score (nSPS) is 22.7. The van der Waals surface area contributed by atoms with Gasteiger partial charge in [-0.3, -0.25) is 9.59 Å². The molecule has 2 atom stereocenters. The molecule has 1 N–H and O–H groups in total. The van der Waals surface area contributed by atoms with Gasteiger partial charge in [-0.1, -0.05) is 12.8 Å². The van der Waals surface area contributed by atoms with Crippen LogP contribution >= 0.6 is 0 Å². The van der Waals surface area contributed by atoms with E-state index in [2.05, 4.69) is 32.2 Å². The summed E-state index contributed by atoms with van der Waals surface area (Å²) in [4.78, 5) is 39.9. The molecule has 1 aromatic heterocycles. The van der Waals surface area contributed by atoms with E-state index >= 15 is 0 Å². The van der Waals surface area contributed by atoms with E-state index in [1.165, 1.54) is 12.8 Å². The lowest BCUT2D eigenvalue weighted by atomic mass is 9.83. The molecule has 2 aliphatic heterocycles. The zero-order valence-electron chi connectivity index (χ0n) is 20.3. The number of amides is 1. The fraction of sp³-hybridized carbons (Fsp3) is 0.538. The van der Waals surface area contributed by atoms with E-state index in [0.29, 0.717) is 11.9 Å². The lowest BCUT2D eigenvalue weighted by Gasteiger charge is -2.35. The highest BCUT2D eigenvalue weighted by Crippen LogP contribution is 2.48. The van der Waals surface area contributed by atoms with E-state index in [4.69, 9.17) is 4.98 Å². The Morgan fingerprint density at radius 3 is 2.29 bits per heavy atom. The van der Waals surface area contributed by atoms with Crippen LogP contribution < -0.4 is 15.1 Å². The van der Waals surface area contributed by atoms with E-state index < -0.39 is 0 Å². The first-order chi connectivity index (χ1) is 16.4. The molecule has 8 heteroatoms. The van der Waals surface area contributed by atoms with Crippen LogP contribution in [-0.2, 0) is 9.59 Å². The molecule has 3 heterocycles. The van der Waals surface area contributed by atoms with Crippen molar-refractivity contribution in [1.29, 1.82) is 0 Å². The first-order valence-corrected chi connectivity index (χ1v) is 12.4. The molecule has 2 fully saturated rings. The molecule has 0 bridgehead atoms. The fourth-order valence-electron chi connectivity index (χ4n) is 5.99. The smallest absolute Gasteiger partial charge is 0.227 e. The molecule has 2 unspecified atom stereocenters. The molecule has 0 radical (unpaired) electrons. The van der Waals surface area contributed by atoms with Crippen LogP contribution in [0, 0.1) is 5.92 Å². The predicted octanol–water partition coefficient (Wildman–Crippen LogP) is 3.57. The molecule has 1 amide bonds. The lowest BCUT2D eigenvalue weighted by Crippen LogP contribution is -2.48. The molecule has 3 aliphatic rings. The maximum atomic E-state index is 12.6. The maximum absolute atomic E-state index is 12.6. The van der Waals surface area contributed by atoms with Crippen molar-refractivity contribution in [2.75, 3.05) is 48.3 Å². The first-order valence-electron chi connectivity index (χ1n) is 12.4. The highest BCUT2D eigenvalue weighted by atomic mass is 16.2. The Morgan fingerprint density at radius 2 is 1.68 bits per heavy atom. The molecule has 1 saturated heterocycles. The number of benzene rings is 1. The summed E-state index contributed by atoms with van der Waals surface area (Å²) in [5, 5.41) is 3.36. The zero-order chi connectivity index (χ0) is 23.8. The minimum Gasteiger partial charge on any atom is -0.368 e. The standard InChI is InChI=1S/C26H34N6O2/c1-17(33)25-23(19-6-4-5-7-19)24-22(30(25)3)16-27-26(29-24)28-20-8-10-21(11-9-20)32-14-12-31(13-15-32)18(2)34/h8-11,16,19,23,25H,4-7,12-15H2,1-3H3,(H,27,28,29). The van der Waals surface area contributed by atoms with Crippen LogP contribution in [-0.4, -0.2) is 65.8 Å². The SMILES string of the molecule is CC(=O)C1C(C2CCCC2)c2nc(Nc3ccc(N4CCN(C(C)=O)CC4)cc3)ncc2N1C. The summed E-state index contributed by atoms with van der Waals surface area (Å²) < 4.78 is 0. The largest absolute Gasteiger partial charge is 0.368 e. The quantitative estimate of drug-likeness (QED) is 0.727. The Bertz CT molecular complexity index is 1060. The second-order valence-electron chi connectivity index (χ2n) is 9.87. The third-order valence-corrected chi connectivity index (χ3v) is 7.79. The summed E-state index contributed by atoms with van der Waals surface area (Å²) in [5.41, 5.74) is 4.06. The van der Waals surface area contributed by atoms with Crippen LogP contribution in [0.1, 0.15) is 51.1 Å². The Morgan fingerprint density at radius 1 is 1.00 bits per heavy atom. The number of nitrogens with one attached hydrogen (secondary N) is 1. The van der Waals surface area contributed by atoms with Crippen LogP contribution in [0.3, 0.4) is 0 Å². The van der Waals surface area contributed by atoms with Crippen molar-refractivity contribution in [2.45, 2.75) is 51.5 Å². The van der Waals surface area contributed by atoms with Crippen LogP contribution in [0.5, 0.6) is 0 Å². The van der Waals surface area contributed by atoms with Gasteiger partial charge in [0.2, 0.25) is 11.9 Å². The van der Waals surface area contributed by atoms with Crippen molar-refractivity contribution in [1.82, 2.24) is 14.9 Å². The van der Waals surface area contributed by atoms with Gasteiger partial charge < -0.3 is 20.0 Å². The summed E-state index contributed by atoms with van der Waals surface area (Å²) in [6.07, 6.45) is 6.65. The number of fused-ring (bicyclic) bond motifs is 1. The Balaban J connectivity index is 1.32. The van der Waals surface area contributed by atoms with Crippen molar-refractivity contribution in [2.24, 2.45) is 5.92 Å². The van der Waals surface area contributed by atoms with Crippen molar-refractivity contribution < 1.29 is 9.59 Å². The van der Waals surface area contributed by atoms with E-state index in [1.54, 1.807) is 13.8 Å². The fourth-order valence-corrected chi connectivity index (χ4v) is 5.99. The monoisotopic (exact) mass is 462 g/mol. The van der Waals surface area contributed by atoms with Crippen molar-refractivity contribution in [3.8, 4) is 0 Å². The number of aromatic nitrogens is 2. The lowest BCUT2D eigenvalue weighted by molar-refractivity contribution is -0.129. The molecule has 1 aliphatic carbocycles. The molecular weight excluding hydrogens is 428 g/mol. The van der Waals surface area contributed by atoms with Gasteiger partial charge in [0.25, 0.3) is 0 Å². The third-order valence-electron chi connectivity index (χ3n) is 7.79. The molecule has 5 rings (SSSR count). The number of rotatable bonds is 5. The number of piperazine rings is 1. The summed E-state index contributed by atoms with van der Waals surface area (Å²) >= 11 is 0. The van der Waals surface area contributed by atoms with Gasteiger partial charge in [0.05, 0.1) is 23.6 Å². The number of carbonyl (C=O) groups excluding carboxylic acids is 2. The number of likely N-dealkylation sites (N-methyl/N-ethyl adjacent to an activating group) is 1. The van der Waals surface area contributed by atoms with Gasteiger partial charge in [0, 0.05) is 57.4 Å². The summed E-state index contributed by atoms with van der Waals surface area (Å²) in [7, 11) is 1.99. The average molecular weight is 463 g/mol. The van der Waals surface area contributed by atoms with Crippen molar-refractivity contribution in [3.63, 3.8) is 0 Å². The average Bonchev–Trinajstić information content (AvgIpc) is 3.46. The number of anilines is 4. The van der Waals surface area contributed by atoms with Gasteiger partial charge >= 0.3 is 0 Å². The van der Waals surface area contributed by atoms with Crippen LogP contribution in [0.15, 0.2) is 30.5 Å². The molecule has 1 saturated carbocycles. The molecular formula is C26H34N6O2. The van der Waals surface area contributed by atoms with Crippen molar-refractivity contribution in [3.05, 3.63) is 36.2 Å².